The molecule has 0 spiro atoms. The molecule has 2 N–H and O–H groups in total. The zero-order chi connectivity index (χ0) is 15.2. The molecule has 3 nitrogen and oxygen atoms in total. The van der Waals surface area contributed by atoms with Crippen LogP contribution in [-0.2, 0) is 0 Å². The minimum atomic E-state index is -0.664. The smallest absolute Gasteiger partial charge is 0.124 e. The fourth-order valence-corrected chi connectivity index (χ4v) is 2.24. The van der Waals surface area contributed by atoms with Gasteiger partial charge in [0, 0.05) is 16.7 Å². The molecule has 112 valence electrons. The van der Waals surface area contributed by atoms with Crippen molar-refractivity contribution in [2.24, 2.45) is 0 Å². The average molecular weight is 354 g/mol. The molecule has 0 saturated heterocycles. The lowest BCUT2D eigenvalue weighted by Gasteiger charge is -2.15. The number of hydrogen-bond acceptors (Lipinski definition) is 3. The second-order valence-corrected chi connectivity index (χ2v) is 5.64. The number of rotatable bonds is 6. The van der Waals surface area contributed by atoms with E-state index in [1.165, 1.54) is 12.1 Å². The number of aryl methyl sites for hydroxylation is 1. The molecule has 5 heteroatoms. The van der Waals surface area contributed by atoms with E-state index in [0.717, 1.165) is 17.0 Å². The monoisotopic (exact) mass is 353 g/mol. The quantitative estimate of drug-likeness (QED) is 0.830. The minimum absolute atomic E-state index is 0.189. The van der Waals surface area contributed by atoms with E-state index in [1.54, 1.807) is 6.07 Å². The Morgan fingerprint density at radius 3 is 2.62 bits per heavy atom. The molecular weight excluding hydrogens is 337 g/mol. The normalized spacial score (nSPS) is 12.0. The molecule has 21 heavy (non-hydrogen) atoms. The van der Waals surface area contributed by atoms with Crippen LogP contribution in [0.15, 0.2) is 46.9 Å². The number of benzene rings is 2. The summed E-state index contributed by atoms with van der Waals surface area (Å²) >= 11 is 3.26. The Kier molecular flexibility index (Phi) is 5.59. The van der Waals surface area contributed by atoms with Crippen LogP contribution in [-0.4, -0.2) is 24.4 Å². The third-order valence-electron chi connectivity index (χ3n) is 2.92. The summed E-state index contributed by atoms with van der Waals surface area (Å²) in [4.78, 5) is 0. The summed E-state index contributed by atoms with van der Waals surface area (Å²) in [5.41, 5.74) is 1.89. The molecule has 1 unspecified atom stereocenters. The van der Waals surface area contributed by atoms with E-state index in [-0.39, 0.29) is 12.4 Å². The van der Waals surface area contributed by atoms with E-state index in [1.807, 2.05) is 31.2 Å². The first-order valence-electron chi connectivity index (χ1n) is 6.61. The van der Waals surface area contributed by atoms with Crippen LogP contribution in [0, 0.1) is 12.7 Å². The summed E-state index contributed by atoms with van der Waals surface area (Å²) in [5.74, 6) is 0.415. The van der Waals surface area contributed by atoms with E-state index in [9.17, 15) is 9.50 Å². The van der Waals surface area contributed by atoms with Gasteiger partial charge in [-0.25, -0.2) is 4.39 Å². The summed E-state index contributed by atoms with van der Waals surface area (Å²) in [6.45, 7) is 2.51. The van der Waals surface area contributed by atoms with Crippen LogP contribution in [0.25, 0.3) is 0 Å². The van der Waals surface area contributed by atoms with Crippen LogP contribution in [0.3, 0.4) is 0 Å². The van der Waals surface area contributed by atoms with Crippen LogP contribution < -0.4 is 10.1 Å². The molecule has 0 aliphatic carbocycles. The maximum atomic E-state index is 13.0. The summed E-state index contributed by atoms with van der Waals surface area (Å²) in [6.07, 6.45) is -0.664. The molecule has 0 amide bonds. The number of anilines is 1. The third kappa shape index (κ3) is 5.02. The van der Waals surface area contributed by atoms with Gasteiger partial charge in [-0.1, -0.05) is 17.7 Å². The van der Waals surface area contributed by atoms with E-state index >= 15 is 0 Å². The van der Waals surface area contributed by atoms with Crippen LogP contribution in [0.4, 0.5) is 10.1 Å². The molecule has 2 aromatic rings. The first-order valence-corrected chi connectivity index (χ1v) is 7.40. The predicted molar refractivity (Wildman–Crippen MR) is 85.3 cm³/mol. The van der Waals surface area contributed by atoms with E-state index < -0.39 is 6.10 Å². The van der Waals surface area contributed by atoms with Gasteiger partial charge in [0.05, 0.1) is 0 Å². The Hall–Kier alpha value is -1.59. The Balaban J connectivity index is 1.79. The first kappa shape index (κ1) is 15.8. The lowest BCUT2D eigenvalue weighted by Crippen LogP contribution is -2.26. The van der Waals surface area contributed by atoms with Gasteiger partial charge in [-0.3, -0.25) is 0 Å². The van der Waals surface area contributed by atoms with Gasteiger partial charge in [0.2, 0.25) is 0 Å². The van der Waals surface area contributed by atoms with Crippen LogP contribution in [0.1, 0.15) is 5.56 Å². The van der Waals surface area contributed by atoms with Gasteiger partial charge in [-0.2, -0.15) is 0 Å². The minimum Gasteiger partial charge on any atom is -0.491 e. The second kappa shape index (κ2) is 7.43. The highest BCUT2D eigenvalue weighted by molar-refractivity contribution is 9.10. The Morgan fingerprint density at radius 2 is 1.95 bits per heavy atom. The van der Waals surface area contributed by atoms with Gasteiger partial charge in [0.15, 0.2) is 0 Å². The van der Waals surface area contributed by atoms with Crippen molar-refractivity contribution in [1.29, 1.82) is 0 Å². The molecule has 0 aliphatic rings. The summed E-state index contributed by atoms with van der Waals surface area (Å²) in [7, 11) is 0. The van der Waals surface area contributed by atoms with E-state index in [2.05, 4.69) is 21.2 Å². The molecule has 0 fully saturated rings. The second-order valence-electron chi connectivity index (χ2n) is 4.78. The highest BCUT2D eigenvalue weighted by Gasteiger charge is 2.07. The van der Waals surface area contributed by atoms with Crippen LogP contribution in [0.2, 0.25) is 0 Å². The molecule has 0 heterocycles. The van der Waals surface area contributed by atoms with Crippen molar-refractivity contribution in [3.8, 4) is 5.75 Å². The fourth-order valence-electron chi connectivity index (χ4n) is 1.75. The van der Waals surface area contributed by atoms with Gasteiger partial charge >= 0.3 is 0 Å². The number of halogens is 2. The van der Waals surface area contributed by atoms with Crippen LogP contribution >= 0.6 is 15.9 Å². The summed E-state index contributed by atoms with van der Waals surface area (Å²) < 4.78 is 19.1. The molecule has 0 saturated carbocycles. The topological polar surface area (TPSA) is 41.5 Å². The SMILES string of the molecule is Cc1ccc(OCC(O)CNc2ccc(F)cc2Br)cc1. The van der Waals surface area contributed by atoms with Gasteiger partial charge in [0.1, 0.15) is 24.3 Å². The summed E-state index contributed by atoms with van der Waals surface area (Å²) in [5, 5.41) is 12.9. The van der Waals surface area contributed by atoms with Crippen molar-refractivity contribution in [2.75, 3.05) is 18.5 Å². The van der Waals surface area contributed by atoms with Crippen molar-refractivity contribution < 1.29 is 14.2 Å². The predicted octanol–water partition coefficient (Wildman–Crippen LogP) is 3.75. The van der Waals surface area contributed by atoms with Crippen molar-refractivity contribution >= 4 is 21.6 Å². The highest BCUT2D eigenvalue weighted by Crippen LogP contribution is 2.22. The standard InChI is InChI=1S/C16H17BrFNO2/c1-11-2-5-14(6-3-11)21-10-13(20)9-19-16-7-4-12(18)8-15(16)17/h2-8,13,19-20H,9-10H2,1H3. The van der Waals surface area contributed by atoms with Gasteiger partial charge in [-0.15, -0.1) is 0 Å². The van der Waals surface area contributed by atoms with E-state index in [4.69, 9.17) is 4.74 Å². The number of nitrogens with one attached hydrogen (secondary N) is 1. The van der Waals surface area contributed by atoms with E-state index in [0.29, 0.717) is 11.0 Å². The molecule has 0 bridgehead atoms. The maximum Gasteiger partial charge on any atom is 0.124 e. The first-order chi connectivity index (χ1) is 10.0. The molecule has 1 atom stereocenters. The Labute approximate surface area is 131 Å². The van der Waals surface area contributed by atoms with Gasteiger partial charge in [-0.05, 0) is 53.2 Å². The van der Waals surface area contributed by atoms with Gasteiger partial charge in [0.25, 0.3) is 0 Å². The maximum absolute atomic E-state index is 13.0. The fraction of sp³-hybridized carbons (Fsp3) is 0.250. The summed E-state index contributed by atoms with van der Waals surface area (Å²) in [6, 6.07) is 12.0. The average Bonchev–Trinajstić information content (AvgIpc) is 2.46. The lowest BCUT2D eigenvalue weighted by atomic mass is 10.2. The van der Waals surface area contributed by atoms with Crippen LogP contribution in [0.5, 0.6) is 5.75 Å². The molecule has 0 aromatic heterocycles. The number of hydrogen-bond donors (Lipinski definition) is 2. The number of aliphatic hydroxyl groups is 1. The molecule has 0 aliphatic heterocycles. The van der Waals surface area contributed by atoms with Crippen molar-refractivity contribution in [3.05, 3.63) is 58.3 Å². The zero-order valence-corrected chi connectivity index (χ0v) is 13.2. The Bertz CT molecular complexity index is 589. The zero-order valence-electron chi connectivity index (χ0n) is 11.6. The highest BCUT2D eigenvalue weighted by atomic mass is 79.9. The van der Waals surface area contributed by atoms with Crippen molar-refractivity contribution in [1.82, 2.24) is 0 Å². The third-order valence-corrected chi connectivity index (χ3v) is 3.58. The Morgan fingerprint density at radius 1 is 1.24 bits per heavy atom. The molecule has 2 aromatic carbocycles. The van der Waals surface area contributed by atoms with Crippen molar-refractivity contribution in [3.63, 3.8) is 0 Å². The molecule has 2 rings (SSSR count). The largest absolute Gasteiger partial charge is 0.491 e. The van der Waals surface area contributed by atoms with Gasteiger partial charge < -0.3 is 15.2 Å². The van der Waals surface area contributed by atoms with Crippen molar-refractivity contribution in [2.45, 2.75) is 13.0 Å². The molecular formula is C16H17BrFNO2. The molecule has 0 radical (unpaired) electrons. The number of ether oxygens (including phenoxy) is 1. The lowest BCUT2D eigenvalue weighted by molar-refractivity contribution is 0.117. The number of aliphatic hydroxyl groups excluding tert-OH is 1.